The maximum Gasteiger partial charge on any atom is 0.0774 e. The van der Waals surface area contributed by atoms with E-state index in [2.05, 4.69) is 0 Å². The fraction of sp³-hybridized carbons (Fsp3) is 0.333. The summed E-state index contributed by atoms with van der Waals surface area (Å²) in [5, 5.41) is 9.62. The predicted octanol–water partition coefficient (Wildman–Crippen LogP) is 2.78. The van der Waals surface area contributed by atoms with Crippen molar-refractivity contribution in [3.8, 4) is 0 Å². The third-order valence-corrected chi connectivity index (χ3v) is 1.53. The molecule has 0 saturated carbocycles. The molecule has 0 aliphatic carbocycles. The monoisotopic (exact) mass is 178 g/mol. The molecule has 1 aromatic rings. The van der Waals surface area contributed by atoms with Gasteiger partial charge < -0.3 is 5.11 Å². The van der Waals surface area contributed by atoms with Crippen molar-refractivity contribution in [2.75, 3.05) is 0 Å². The zero-order chi connectivity index (χ0) is 11.6. The fourth-order valence-electron chi connectivity index (χ4n) is 0.948. The lowest BCUT2D eigenvalue weighted by molar-refractivity contribution is 0.134. The van der Waals surface area contributed by atoms with E-state index >= 15 is 0 Å². The van der Waals surface area contributed by atoms with Crippen LogP contribution in [0, 0.1) is 6.92 Å². The summed E-state index contributed by atoms with van der Waals surface area (Å²) in [6.45, 7) is 4.96. The Hall–Kier alpha value is -1.08. The minimum Gasteiger partial charge on any atom is -0.386 e. The maximum absolute atomic E-state index is 9.62. The van der Waals surface area contributed by atoms with E-state index in [-0.39, 0.29) is 12.1 Å². The Morgan fingerprint density at radius 1 is 1.46 bits per heavy atom. The Morgan fingerprint density at radius 2 is 2.15 bits per heavy atom. The molecule has 0 bridgehead atoms. The predicted molar refractivity (Wildman–Crippen MR) is 56.5 cm³/mol. The molecule has 0 amide bonds. The Bertz CT molecular complexity index is 389. The lowest BCUT2D eigenvalue weighted by Crippen LogP contribution is -2.13. The van der Waals surface area contributed by atoms with Crippen molar-refractivity contribution in [3.05, 3.63) is 41.4 Å². The number of aryl methyl sites for hydroxylation is 1. The minimum atomic E-state index is -1.26. The zero-order valence-corrected chi connectivity index (χ0v) is 8.26. The summed E-state index contributed by atoms with van der Waals surface area (Å²) in [6, 6.07) is 7.40. The smallest absolute Gasteiger partial charge is 0.0774 e. The highest BCUT2D eigenvalue weighted by atomic mass is 16.3. The van der Waals surface area contributed by atoms with Gasteiger partial charge in [-0.05, 0) is 26.3 Å². The SMILES string of the molecule is [2H]/C(=C(\[2H])C(C)(C)O)c1cccc(C)c1. The van der Waals surface area contributed by atoms with Crippen molar-refractivity contribution < 1.29 is 7.85 Å². The number of hydrogen-bond donors (Lipinski definition) is 1. The summed E-state index contributed by atoms with van der Waals surface area (Å²) >= 11 is 0. The molecule has 0 aromatic heterocycles. The zero-order valence-electron chi connectivity index (χ0n) is 10.3. The van der Waals surface area contributed by atoms with Gasteiger partial charge in [-0.2, -0.15) is 0 Å². The van der Waals surface area contributed by atoms with Crippen LogP contribution >= 0.6 is 0 Å². The molecule has 0 radical (unpaired) electrons. The van der Waals surface area contributed by atoms with Gasteiger partial charge in [-0.15, -0.1) is 0 Å². The first-order valence-corrected chi connectivity index (χ1v) is 4.29. The van der Waals surface area contributed by atoms with Crippen molar-refractivity contribution in [3.63, 3.8) is 0 Å². The molecule has 0 atom stereocenters. The van der Waals surface area contributed by atoms with Gasteiger partial charge in [0.15, 0.2) is 0 Å². The maximum atomic E-state index is 9.62. The van der Waals surface area contributed by atoms with E-state index in [0.29, 0.717) is 5.56 Å². The molecule has 1 heteroatoms. The molecule has 0 aliphatic rings. The van der Waals surface area contributed by atoms with Crippen LogP contribution < -0.4 is 0 Å². The van der Waals surface area contributed by atoms with Gasteiger partial charge in [-0.1, -0.05) is 41.9 Å². The highest BCUT2D eigenvalue weighted by Gasteiger charge is 2.05. The molecule has 1 N–H and O–H groups in total. The Morgan fingerprint density at radius 3 is 2.69 bits per heavy atom. The molecule has 70 valence electrons. The van der Waals surface area contributed by atoms with Crippen molar-refractivity contribution in [1.29, 1.82) is 0 Å². The summed E-state index contributed by atoms with van der Waals surface area (Å²) in [6.07, 6.45) is 0. The van der Waals surface area contributed by atoms with E-state index in [0.717, 1.165) is 5.56 Å². The third-order valence-electron chi connectivity index (χ3n) is 1.53. The second-order valence-electron chi connectivity index (χ2n) is 3.68. The van der Waals surface area contributed by atoms with Crippen LogP contribution in [0.5, 0.6) is 0 Å². The van der Waals surface area contributed by atoms with E-state index in [1.54, 1.807) is 6.07 Å². The molecule has 0 saturated heterocycles. The van der Waals surface area contributed by atoms with E-state index < -0.39 is 5.60 Å². The molecule has 0 unspecified atom stereocenters. The highest BCUT2D eigenvalue weighted by Crippen LogP contribution is 2.10. The van der Waals surface area contributed by atoms with Gasteiger partial charge in [-0.25, -0.2) is 0 Å². The van der Waals surface area contributed by atoms with E-state index in [9.17, 15) is 5.11 Å². The molecule has 1 rings (SSSR count). The van der Waals surface area contributed by atoms with Crippen LogP contribution in [0.1, 0.15) is 27.7 Å². The van der Waals surface area contributed by atoms with Crippen LogP contribution in [0.2, 0.25) is 0 Å². The van der Waals surface area contributed by atoms with Crippen LogP contribution in [0.15, 0.2) is 30.3 Å². The second kappa shape index (κ2) is 3.75. The van der Waals surface area contributed by atoms with Gasteiger partial charge in [0.25, 0.3) is 0 Å². The number of hydrogen-bond acceptors (Lipinski definition) is 1. The highest BCUT2D eigenvalue weighted by molar-refractivity contribution is 5.51. The van der Waals surface area contributed by atoms with Crippen LogP contribution in [-0.2, 0) is 0 Å². The van der Waals surface area contributed by atoms with Crippen LogP contribution in [0.4, 0.5) is 0 Å². The summed E-state index contributed by atoms with van der Waals surface area (Å²) in [7, 11) is 0. The van der Waals surface area contributed by atoms with Crippen molar-refractivity contribution in [2.24, 2.45) is 0 Å². The number of rotatable bonds is 2. The molecule has 0 aliphatic heterocycles. The molecule has 1 nitrogen and oxygen atoms in total. The molecule has 0 spiro atoms. The van der Waals surface area contributed by atoms with E-state index in [4.69, 9.17) is 2.74 Å². The summed E-state index contributed by atoms with van der Waals surface area (Å²) in [5.74, 6) is 0. The topological polar surface area (TPSA) is 20.2 Å². The first-order valence-electron chi connectivity index (χ1n) is 5.29. The van der Waals surface area contributed by atoms with Gasteiger partial charge in [0, 0.05) is 0 Å². The summed E-state index contributed by atoms with van der Waals surface area (Å²) in [5.41, 5.74) is 0.448. The molecule has 0 fully saturated rings. The Balaban J connectivity index is 3.19. The standard InChI is InChI=1S/C12H16O/c1-10-5-4-6-11(9-10)7-8-12(2,3)13/h4-9,13H,1-3H3/b8-7-/i7D,8D. The van der Waals surface area contributed by atoms with Crippen LogP contribution in [0.25, 0.3) is 6.05 Å². The summed E-state index contributed by atoms with van der Waals surface area (Å²) < 4.78 is 15.5. The minimum absolute atomic E-state index is 0.0619. The molecular weight excluding hydrogens is 160 g/mol. The Kier molecular flexibility index (Phi) is 2.12. The number of benzene rings is 1. The third kappa shape index (κ3) is 3.90. The lowest BCUT2D eigenvalue weighted by Gasteiger charge is -2.09. The summed E-state index contributed by atoms with van der Waals surface area (Å²) in [4.78, 5) is 0. The Labute approximate surface area is 82.5 Å². The average Bonchev–Trinajstić information content (AvgIpc) is 2.14. The van der Waals surface area contributed by atoms with E-state index in [1.165, 1.54) is 13.8 Å². The number of aliphatic hydroxyl groups is 1. The van der Waals surface area contributed by atoms with Gasteiger partial charge in [-0.3, -0.25) is 0 Å². The van der Waals surface area contributed by atoms with Gasteiger partial charge in [0.1, 0.15) is 0 Å². The second-order valence-corrected chi connectivity index (χ2v) is 3.68. The fourth-order valence-corrected chi connectivity index (χ4v) is 0.948. The largest absolute Gasteiger partial charge is 0.386 e. The lowest BCUT2D eigenvalue weighted by atomic mass is 10.1. The van der Waals surface area contributed by atoms with E-state index in [1.807, 2.05) is 25.1 Å². The molecular formula is C12H16O. The molecule has 1 aromatic carbocycles. The van der Waals surface area contributed by atoms with Crippen LogP contribution in [0.3, 0.4) is 0 Å². The van der Waals surface area contributed by atoms with Crippen molar-refractivity contribution in [2.45, 2.75) is 26.4 Å². The van der Waals surface area contributed by atoms with Gasteiger partial charge in [0.05, 0.1) is 8.34 Å². The van der Waals surface area contributed by atoms with Gasteiger partial charge >= 0.3 is 0 Å². The normalized spacial score (nSPS) is 16.0. The first kappa shape index (κ1) is 7.34. The van der Waals surface area contributed by atoms with Crippen LogP contribution in [-0.4, -0.2) is 10.7 Å². The van der Waals surface area contributed by atoms with Gasteiger partial charge in [0.2, 0.25) is 0 Å². The first-order chi connectivity index (χ1) is 6.82. The van der Waals surface area contributed by atoms with Crippen molar-refractivity contribution >= 4 is 6.05 Å². The average molecular weight is 178 g/mol. The molecule has 0 heterocycles. The quantitative estimate of drug-likeness (QED) is 0.738. The molecule has 13 heavy (non-hydrogen) atoms. The van der Waals surface area contributed by atoms with Crippen molar-refractivity contribution in [1.82, 2.24) is 0 Å².